The second-order valence-corrected chi connectivity index (χ2v) is 9.61. The zero-order valence-electron chi connectivity index (χ0n) is 21.3. The summed E-state index contributed by atoms with van der Waals surface area (Å²) in [5.41, 5.74) is 5.10. The number of nitrogens with zero attached hydrogens (tertiary/aromatic N) is 1. The van der Waals surface area contributed by atoms with Gasteiger partial charge in [-0.05, 0) is 54.2 Å². The third-order valence-corrected chi connectivity index (χ3v) is 7.13. The lowest BCUT2D eigenvalue weighted by Crippen LogP contribution is -2.44. The molecule has 0 saturated heterocycles. The van der Waals surface area contributed by atoms with E-state index < -0.39 is 11.6 Å². The van der Waals surface area contributed by atoms with Crippen molar-refractivity contribution in [1.29, 1.82) is 0 Å². The Bertz CT molecular complexity index is 1340. The van der Waals surface area contributed by atoms with E-state index in [1.807, 2.05) is 48.5 Å². The van der Waals surface area contributed by atoms with Crippen LogP contribution in [0.15, 0.2) is 97.2 Å². The highest BCUT2D eigenvalue weighted by atomic mass is 16.5. The Morgan fingerprint density at radius 3 is 2.51 bits per heavy atom. The molecule has 2 atom stereocenters. The van der Waals surface area contributed by atoms with Crippen LogP contribution in [-0.4, -0.2) is 24.3 Å². The molecule has 2 heterocycles. The molecule has 0 saturated carbocycles. The van der Waals surface area contributed by atoms with Crippen LogP contribution in [0.4, 0.5) is 10.5 Å². The molecule has 0 fully saturated rings. The summed E-state index contributed by atoms with van der Waals surface area (Å²) in [6.45, 7) is 2.97. The first-order chi connectivity index (χ1) is 18.1. The lowest BCUT2D eigenvalue weighted by Gasteiger charge is -2.43. The Kier molecular flexibility index (Phi) is 7.17. The van der Waals surface area contributed by atoms with Gasteiger partial charge in [-0.25, -0.2) is 4.79 Å². The van der Waals surface area contributed by atoms with Crippen LogP contribution in [0.25, 0.3) is 5.69 Å². The van der Waals surface area contributed by atoms with E-state index in [9.17, 15) is 4.79 Å². The lowest BCUT2D eigenvalue weighted by molar-refractivity contribution is 0.138. The Balaban J connectivity index is 1.38. The van der Waals surface area contributed by atoms with Crippen molar-refractivity contribution in [3.8, 4) is 11.4 Å². The predicted octanol–water partition coefficient (Wildman–Crippen LogP) is 6.62. The molecule has 5 rings (SSSR count). The van der Waals surface area contributed by atoms with Crippen LogP contribution >= 0.6 is 0 Å². The van der Waals surface area contributed by atoms with Gasteiger partial charge in [0.2, 0.25) is 0 Å². The summed E-state index contributed by atoms with van der Waals surface area (Å²) in [4.78, 5) is 12.5. The predicted molar refractivity (Wildman–Crippen MR) is 146 cm³/mol. The fourth-order valence-corrected chi connectivity index (χ4v) is 5.28. The molecule has 0 bridgehead atoms. The zero-order chi connectivity index (χ0) is 25.7. The van der Waals surface area contributed by atoms with Crippen molar-refractivity contribution >= 4 is 11.8 Å². The molecule has 190 valence electrons. The highest BCUT2D eigenvalue weighted by molar-refractivity contribution is 5.69. The van der Waals surface area contributed by atoms with Crippen LogP contribution < -0.4 is 15.4 Å². The maximum atomic E-state index is 12.5. The molecule has 6 nitrogen and oxygen atoms in total. The van der Waals surface area contributed by atoms with Gasteiger partial charge in [-0.2, -0.15) is 0 Å². The molecule has 1 amide bonds. The van der Waals surface area contributed by atoms with Crippen molar-refractivity contribution in [2.45, 2.75) is 37.8 Å². The van der Waals surface area contributed by atoms with Crippen LogP contribution in [0.5, 0.6) is 5.75 Å². The van der Waals surface area contributed by atoms with Gasteiger partial charge in [0.25, 0.3) is 0 Å². The maximum absolute atomic E-state index is 12.5. The number of methoxy groups -OCH3 is 1. The monoisotopic (exact) mass is 495 g/mol. The number of hydrogen-bond acceptors (Lipinski definition) is 4. The first kappa shape index (κ1) is 24.5. The third-order valence-electron chi connectivity index (χ3n) is 7.13. The summed E-state index contributed by atoms with van der Waals surface area (Å²) in [5, 5.41) is 6.84. The average Bonchev–Trinajstić information content (AvgIpc) is 3.44. The van der Waals surface area contributed by atoms with Gasteiger partial charge in [-0.15, -0.1) is 0 Å². The number of fused-ring (bicyclic) bond motifs is 3. The highest BCUT2D eigenvalue weighted by Crippen LogP contribution is 2.45. The van der Waals surface area contributed by atoms with Crippen molar-refractivity contribution < 1.29 is 14.3 Å². The molecular formula is C31H33N3O3. The van der Waals surface area contributed by atoms with Gasteiger partial charge >= 0.3 is 6.09 Å². The number of aromatic nitrogens is 1. The molecule has 1 aromatic heterocycles. The summed E-state index contributed by atoms with van der Waals surface area (Å²) >= 11 is 0. The summed E-state index contributed by atoms with van der Waals surface area (Å²) < 4.78 is 13.2. The molecule has 4 aromatic rings. The summed E-state index contributed by atoms with van der Waals surface area (Å²) in [6, 6.07) is 30.6. The minimum Gasteiger partial charge on any atom is -0.497 e. The van der Waals surface area contributed by atoms with Crippen LogP contribution in [0.2, 0.25) is 0 Å². The topological polar surface area (TPSA) is 64.5 Å². The number of rotatable bonds is 9. The number of hydrogen-bond donors (Lipinski definition) is 2. The second-order valence-electron chi connectivity index (χ2n) is 9.61. The van der Waals surface area contributed by atoms with E-state index in [1.54, 1.807) is 7.11 Å². The van der Waals surface area contributed by atoms with E-state index in [2.05, 4.69) is 70.8 Å². The van der Waals surface area contributed by atoms with Crippen LogP contribution in [0.1, 0.15) is 42.5 Å². The molecular weight excluding hydrogens is 462 g/mol. The first-order valence-electron chi connectivity index (χ1n) is 12.7. The Morgan fingerprint density at radius 1 is 1.00 bits per heavy atom. The normalized spacial score (nSPS) is 16.6. The van der Waals surface area contributed by atoms with Gasteiger partial charge in [0.1, 0.15) is 12.4 Å². The van der Waals surface area contributed by atoms with E-state index in [4.69, 9.17) is 9.47 Å². The molecule has 1 aliphatic heterocycles. The quantitative estimate of drug-likeness (QED) is 0.274. The lowest BCUT2D eigenvalue weighted by atomic mass is 9.78. The number of alkyl carbamates (subject to hydrolysis) is 1. The minimum absolute atomic E-state index is 0.247. The van der Waals surface area contributed by atoms with E-state index in [-0.39, 0.29) is 12.5 Å². The molecule has 6 heteroatoms. The van der Waals surface area contributed by atoms with Gasteiger partial charge in [-0.1, -0.05) is 67.6 Å². The van der Waals surface area contributed by atoms with Crippen molar-refractivity contribution in [2.24, 2.45) is 0 Å². The standard InChI is InChI=1S/C31H33N3O3/c1-23(25-12-7-4-8-13-25)21-31(17-18-32-30(35)37-22-24-10-5-3-6-11-24)29-14-9-19-34(29)28-16-15-26(36-2)20-27(28)33-31/h3-16,19-20,23,33H,17-18,21-22H2,1-2H3,(H,32,35). The number of ether oxygens (including phenoxy) is 2. The van der Waals surface area contributed by atoms with E-state index in [0.29, 0.717) is 13.0 Å². The molecule has 2 unspecified atom stereocenters. The van der Waals surface area contributed by atoms with Crippen molar-refractivity contribution in [2.75, 3.05) is 19.0 Å². The van der Waals surface area contributed by atoms with E-state index in [0.717, 1.165) is 29.1 Å². The summed E-state index contributed by atoms with van der Waals surface area (Å²) in [5.74, 6) is 1.09. The van der Waals surface area contributed by atoms with Crippen molar-refractivity contribution in [1.82, 2.24) is 9.88 Å². The SMILES string of the molecule is COc1ccc2c(c1)NC(CCNC(=O)OCc1ccccc1)(CC(C)c1ccccc1)c1cccn1-2. The largest absolute Gasteiger partial charge is 0.497 e. The molecule has 2 N–H and O–H groups in total. The average molecular weight is 496 g/mol. The summed E-state index contributed by atoms with van der Waals surface area (Å²) in [6.07, 6.45) is 3.22. The second kappa shape index (κ2) is 10.8. The number of anilines is 1. The van der Waals surface area contributed by atoms with Crippen molar-refractivity contribution in [3.63, 3.8) is 0 Å². The highest BCUT2D eigenvalue weighted by Gasteiger charge is 2.40. The van der Waals surface area contributed by atoms with Crippen molar-refractivity contribution in [3.05, 3.63) is 114 Å². The van der Waals surface area contributed by atoms with Gasteiger partial charge in [0.15, 0.2) is 0 Å². The molecule has 37 heavy (non-hydrogen) atoms. The minimum atomic E-state index is -0.414. The number of carbonyl (C=O) groups excluding carboxylic acids is 1. The molecule has 0 spiro atoms. The molecule has 3 aromatic carbocycles. The van der Waals surface area contributed by atoms with E-state index in [1.165, 1.54) is 11.3 Å². The number of amides is 1. The van der Waals surface area contributed by atoms with Gasteiger partial charge in [-0.3, -0.25) is 0 Å². The first-order valence-corrected chi connectivity index (χ1v) is 12.7. The molecule has 1 aliphatic rings. The van der Waals surface area contributed by atoms with Crippen LogP contribution in [-0.2, 0) is 16.9 Å². The smallest absolute Gasteiger partial charge is 0.407 e. The fraction of sp³-hybridized carbons (Fsp3) is 0.258. The third kappa shape index (κ3) is 5.33. The van der Waals surface area contributed by atoms with Gasteiger partial charge in [0, 0.05) is 24.5 Å². The fourth-order valence-electron chi connectivity index (χ4n) is 5.28. The Morgan fingerprint density at radius 2 is 1.76 bits per heavy atom. The molecule has 0 aliphatic carbocycles. The Labute approximate surface area is 218 Å². The maximum Gasteiger partial charge on any atom is 0.407 e. The number of benzene rings is 3. The number of nitrogens with one attached hydrogen (secondary N) is 2. The molecule has 0 radical (unpaired) electrons. The number of carbonyl (C=O) groups is 1. The van der Waals surface area contributed by atoms with Crippen LogP contribution in [0.3, 0.4) is 0 Å². The Hall–Kier alpha value is -4.19. The zero-order valence-corrected chi connectivity index (χ0v) is 21.3. The van der Waals surface area contributed by atoms with Gasteiger partial charge in [0.05, 0.1) is 24.0 Å². The summed E-state index contributed by atoms with van der Waals surface area (Å²) in [7, 11) is 1.68. The van der Waals surface area contributed by atoms with Crippen LogP contribution in [0, 0.1) is 0 Å². The van der Waals surface area contributed by atoms with E-state index >= 15 is 0 Å². The van der Waals surface area contributed by atoms with Gasteiger partial charge < -0.3 is 24.7 Å².